The van der Waals surface area contributed by atoms with Gasteiger partial charge in [-0.3, -0.25) is 4.79 Å². The highest BCUT2D eigenvalue weighted by Gasteiger charge is 2.37. The largest absolute Gasteiger partial charge is 0.465 e. The Balaban J connectivity index is 2.33. The van der Waals surface area contributed by atoms with Crippen LogP contribution < -0.4 is 16.4 Å². The summed E-state index contributed by atoms with van der Waals surface area (Å²) in [5, 5.41) is 6.50. The highest BCUT2D eigenvalue weighted by molar-refractivity contribution is 7.19. The van der Waals surface area contributed by atoms with Gasteiger partial charge in [0.05, 0.1) is 18.4 Å². The van der Waals surface area contributed by atoms with Gasteiger partial charge in [0.25, 0.3) is 5.91 Å². The van der Waals surface area contributed by atoms with Crippen molar-refractivity contribution in [2.45, 2.75) is 25.8 Å². The number of nitrogen functional groups attached to an aromatic ring is 1. The number of amides is 1. The predicted molar refractivity (Wildman–Crippen MR) is 79.3 cm³/mol. The Labute approximate surface area is 121 Å². The van der Waals surface area contributed by atoms with Crippen LogP contribution in [-0.2, 0) is 4.74 Å². The number of nitrogens with one attached hydrogen (secondary N) is 2. The fourth-order valence-electron chi connectivity index (χ4n) is 2.18. The van der Waals surface area contributed by atoms with Crippen LogP contribution in [0.1, 0.15) is 39.8 Å². The highest BCUT2D eigenvalue weighted by atomic mass is 32.1. The lowest BCUT2D eigenvalue weighted by atomic mass is 10.2. The Morgan fingerprint density at radius 1 is 1.50 bits per heavy atom. The van der Waals surface area contributed by atoms with Crippen molar-refractivity contribution in [3.63, 3.8) is 0 Å². The molecule has 2 atom stereocenters. The van der Waals surface area contributed by atoms with Gasteiger partial charge in [0.15, 0.2) is 0 Å². The third kappa shape index (κ3) is 2.58. The van der Waals surface area contributed by atoms with Crippen LogP contribution in [0, 0.1) is 5.92 Å². The number of anilines is 2. The van der Waals surface area contributed by atoms with Crippen LogP contribution >= 0.6 is 11.3 Å². The maximum absolute atomic E-state index is 12.0. The van der Waals surface area contributed by atoms with Crippen molar-refractivity contribution in [3.05, 3.63) is 10.4 Å². The lowest BCUT2D eigenvalue weighted by molar-refractivity contribution is 0.0607. The molecule has 1 aromatic heterocycles. The first-order valence-corrected chi connectivity index (χ1v) is 7.34. The van der Waals surface area contributed by atoms with Crippen LogP contribution in [0.15, 0.2) is 0 Å². The molecule has 1 saturated carbocycles. The maximum atomic E-state index is 12.0. The minimum Gasteiger partial charge on any atom is -0.465 e. The molecule has 0 aliphatic heterocycles. The molecule has 0 radical (unpaired) electrons. The van der Waals surface area contributed by atoms with Gasteiger partial charge in [0.1, 0.15) is 9.88 Å². The summed E-state index contributed by atoms with van der Waals surface area (Å²) in [6.07, 6.45) is 2.17. The van der Waals surface area contributed by atoms with E-state index in [4.69, 9.17) is 10.5 Å². The molecule has 110 valence electrons. The minimum absolute atomic E-state index is 0.178. The second-order valence-electron chi connectivity index (χ2n) is 4.77. The summed E-state index contributed by atoms with van der Waals surface area (Å²) < 4.78 is 4.69. The molecule has 0 bridgehead atoms. The van der Waals surface area contributed by atoms with E-state index in [0.717, 1.165) is 12.8 Å². The van der Waals surface area contributed by atoms with E-state index in [0.29, 0.717) is 22.5 Å². The smallest absolute Gasteiger partial charge is 0.350 e. The van der Waals surface area contributed by atoms with Crippen molar-refractivity contribution < 1.29 is 14.3 Å². The van der Waals surface area contributed by atoms with Crippen molar-refractivity contribution >= 4 is 33.9 Å². The van der Waals surface area contributed by atoms with Crippen LogP contribution in [0.2, 0.25) is 0 Å². The summed E-state index contributed by atoms with van der Waals surface area (Å²) in [6.45, 7) is 2.13. The summed E-state index contributed by atoms with van der Waals surface area (Å²) in [4.78, 5) is 23.9. The topological polar surface area (TPSA) is 93.4 Å². The Morgan fingerprint density at radius 3 is 2.70 bits per heavy atom. The van der Waals surface area contributed by atoms with Crippen molar-refractivity contribution in [2.75, 3.05) is 25.2 Å². The van der Waals surface area contributed by atoms with E-state index in [1.54, 1.807) is 0 Å². The third-order valence-corrected chi connectivity index (χ3v) is 4.65. The van der Waals surface area contributed by atoms with Gasteiger partial charge in [-0.2, -0.15) is 0 Å². The van der Waals surface area contributed by atoms with Gasteiger partial charge in [-0.15, -0.1) is 11.3 Å². The number of nitrogens with two attached hydrogens (primary N) is 1. The van der Waals surface area contributed by atoms with Crippen molar-refractivity contribution in [1.29, 1.82) is 0 Å². The zero-order chi connectivity index (χ0) is 14.9. The monoisotopic (exact) mass is 297 g/mol. The van der Waals surface area contributed by atoms with E-state index in [9.17, 15) is 9.59 Å². The Bertz CT molecular complexity index is 541. The summed E-state index contributed by atoms with van der Waals surface area (Å²) in [7, 11) is 2.83. The van der Waals surface area contributed by atoms with Gasteiger partial charge in [0.2, 0.25) is 0 Å². The molecule has 20 heavy (non-hydrogen) atoms. The number of rotatable bonds is 5. The molecule has 6 nitrogen and oxygen atoms in total. The van der Waals surface area contributed by atoms with Crippen LogP contribution in [0.5, 0.6) is 0 Å². The van der Waals surface area contributed by atoms with E-state index in [-0.39, 0.29) is 16.5 Å². The summed E-state index contributed by atoms with van der Waals surface area (Å²) in [6, 6.07) is 0.354. The number of carbonyl (C=O) groups excluding carboxylic acids is 2. The minimum atomic E-state index is -0.520. The molecule has 1 fully saturated rings. The van der Waals surface area contributed by atoms with E-state index in [1.807, 2.05) is 0 Å². The molecule has 0 spiro atoms. The number of carbonyl (C=O) groups is 2. The van der Waals surface area contributed by atoms with E-state index >= 15 is 0 Å². The zero-order valence-electron chi connectivity index (χ0n) is 11.8. The summed E-state index contributed by atoms with van der Waals surface area (Å²) in [5.74, 6) is -0.198. The quantitative estimate of drug-likeness (QED) is 0.719. The Hall–Kier alpha value is -1.76. The third-order valence-electron chi connectivity index (χ3n) is 3.53. The first-order chi connectivity index (χ1) is 9.53. The molecular formula is C13H19N3O3S. The van der Waals surface area contributed by atoms with Gasteiger partial charge in [0, 0.05) is 13.1 Å². The molecule has 1 aromatic rings. The number of hydrogen-bond donors (Lipinski definition) is 3. The second-order valence-corrected chi connectivity index (χ2v) is 5.80. The number of esters is 1. The zero-order valence-corrected chi connectivity index (χ0v) is 12.6. The highest BCUT2D eigenvalue weighted by Crippen LogP contribution is 2.42. The first-order valence-electron chi connectivity index (χ1n) is 6.52. The number of methoxy groups -OCH3 is 1. The molecule has 1 aliphatic carbocycles. The molecule has 4 N–H and O–H groups in total. The van der Waals surface area contributed by atoms with E-state index in [2.05, 4.69) is 17.6 Å². The van der Waals surface area contributed by atoms with Crippen LogP contribution in [0.3, 0.4) is 0 Å². The molecular weight excluding hydrogens is 278 g/mol. The SMILES string of the molecule is CCC1CC1Nc1sc(C(=O)OC)c(N)c1C(=O)NC. The molecule has 2 rings (SSSR count). The maximum Gasteiger partial charge on any atom is 0.350 e. The average molecular weight is 297 g/mol. The van der Waals surface area contributed by atoms with Gasteiger partial charge in [-0.05, 0) is 12.3 Å². The molecule has 1 heterocycles. The fraction of sp³-hybridized carbons (Fsp3) is 0.538. The first kappa shape index (κ1) is 14.6. The number of hydrogen-bond acceptors (Lipinski definition) is 6. The number of ether oxygens (including phenoxy) is 1. The standard InChI is InChI=1S/C13H19N3O3S/c1-4-6-5-7(6)16-12-8(11(17)15-2)9(14)10(20-12)13(18)19-3/h6-7,16H,4-5,14H2,1-3H3,(H,15,17). The number of thiophene rings is 1. The molecule has 2 unspecified atom stereocenters. The fourth-order valence-corrected chi connectivity index (χ4v) is 3.28. The molecule has 0 saturated heterocycles. The van der Waals surface area contributed by atoms with Crippen molar-refractivity contribution in [2.24, 2.45) is 5.92 Å². The van der Waals surface area contributed by atoms with E-state index < -0.39 is 5.97 Å². The van der Waals surface area contributed by atoms with Crippen LogP contribution in [-0.4, -0.2) is 32.1 Å². The Morgan fingerprint density at radius 2 is 2.20 bits per heavy atom. The summed E-state index contributed by atoms with van der Waals surface area (Å²) >= 11 is 1.17. The second kappa shape index (κ2) is 5.70. The molecule has 7 heteroatoms. The lowest BCUT2D eigenvalue weighted by Gasteiger charge is -2.06. The molecule has 1 amide bonds. The Kier molecular flexibility index (Phi) is 4.17. The van der Waals surface area contributed by atoms with Crippen LogP contribution in [0.25, 0.3) is 0 Å². The molecule has 1 aliphatic rings. The van der Waals surface area contributed by atoms with Gasteiger partial charge in [-0.25, -0.2) is 4.79 Å². The van der Waals surface area contributed by atoms with E-state index in [1.165, 1.54) is 25.5 Å². The van der Waals surface area contributed by atoms with Gasteiger partial charge < -0.3 is 21.1 Å². The molecule has 0 aromatic carbocycles. The van der Waals surface area contributed by atoms with Crippen molar-refractivity contribution in [1.82, 2.24) is 5.32 Å². The van der Waals surface area contributed by atoms with Crippen LogP contribution in [0.4, 0.5) is 10.7 Å². The predicted octanol–water partition coefficient (Wildman–Crippen LogP) is 1.69. The van der Waals surface area contributed by atoms with Gasteiger partial charge in [-0.1, -0.05) is 13.3 Å². The lowest BCUT2D eigenvalue weighted by Crippen LogP contribution is -2.20. The van der Waals surface area contributed by atoms with Crippen molar-refractivity contribution in [3.8, 4) is 0 Å². The van der Waals surface area contributed by atoms with Gasteiger partial charge >= 0.3 is 5.97 Å². The normalized spacial score (nSPS) is 20.4. The average Bonchev–Trinajstić information content (AvgIpc) is 3.13. The summed E-state index contributed by atoms with van der Waals surface area (Å²) in [5.41, 5.74) is 6.44.